The number of nitrogens with zero attached hydrogens (tertiary/aromatic N) is 1. The van der Waals surface area contributed by atoms with Crippen LogP contribution in [0.5, 0.6) is 0 Å². The molecule has 1 aromatic heterocycles. The van der Waals surface area contributed by atoms with Crippen molar-refractivity contribution in [1.29, 1.82) is 0 Å². The number of carbonyl (C=O) groups excluding carboxylic acids is 1. The number of amides is 2. The molecule has 106 valence electrons. The molecule has 1 saturated carbocycles. The number of rotatable bonds is 5. The van der Waals surface area contributed by atoms with Gasteiger partial charge < -0.3 is 15.2 Å². The van der Waals surface area contributed by atoms with Gasteiger partial charge in [-0.1, -0.05) is 31.3 Å². The Morgan fingerprint density at radius 3 is 3.11 bits per heavy atom. The van der Waals surface area contributed by atoms with Crippen molar-refractivity contribution >= 4 is 6.03 Å². The Bertz CT molecular complexity index is 378. The molecule has 0 unspecified atom stereocenters. The second-order valence-electron chi connectivity index (χ2n) is 5.53. The Kier molecular flexibility index (Phi) is 5.24. The van der Waals surface area contributed by atoms with Gasteiger partial charge in [-0.25, -0.2) is 4.79 Å². The predicted octanol–water partition coefficient (Wildman–Crippen LogP) is 2.69. The minimum absolute atomic E-state index is 0.133. The number of nitrogens with one attached hydrogen (secondary N) is 2. The van der Waals surface area contributed by atoms with Crippen LogP contribution in [0, 0.1) is 11.8 Å². The van der Waals surface area contributed by atoms with Gasteiger partial charge in [-0.05, 0) is 24.7 Å². The molecule has 1 aliphatic carbocycles. The highest BCUT2D eigenvalue weighted by Gasteiger charge is 2.18. The predicted molar refractivity (Wildman–Crippen MR) is 72.5 cm³/mol. The molecule has 0 radical (unpaired) electrons. The van der Waals surface area contributed by atoms with E-state index in [-0.39, 0.29) is 6.03 Å². The van der Waals surface area contributed by atoms with E-state index in [1.54, 1.807) is 6.07 Å². The number of hydrogen-bond acceptors (Lipinski definition) is 3. The van der Waals surface area contributed by atoms with Crippen LogP contribution in [0.25, 0.3) is 0 Å². The lowest BCUT2D eigenvalue weighted by Crippen LogP contribution is -2.36. The SMILES string of the molecule is C[C@@H]1CCC[C@@H](CCNC(=O)NCc2ccon2)C1. The highest BCUT2D eigenvalue weighted by atomic mass is 16.5. The standard InChI is InChI=1S/C14H23N3O2/c1-11-3-2-4-12(9-11)5-7-15-14(18)16-10-13-6-8-19-17-13/h6,8,11-12H,2-5,7,9-10H2,1H3,(H2,15,16,18)/t11-,12+/m1/s1. The monoisotopic (exact) mass is 265 g/mol. The van der Waals surface area contributed by atoms with Gasteiger partial charge in [0, 0.05) is 12.6 Å². The highest BCUT2D eigenvalue weighted by molar-refractivity contribution is 5.73. The highest BCUT2D eigenvalue weighted by Crippen LogP contribution is 2.30. The van der Waals surface area contributed by atoms with Crippen LogP contribution in [-0.4, -0.2) is 17.7 Å². The number of aromatic nitrogens is 1. The summed E-state index contributed by atoms with van der Waals surface area (Å²) >= 11 is 0. The van der Waals surface area contributed by atoms with Gasteiger partial charge in [-0.3, -0.25) is 0 Å². The third-order valence-corrected chi connectivity index (χ3v) is 3.80. The molecule has 2 N–H and O–H groups in total. The zero-order valence-electron chi connectivity index (χ0n) is 11.5. The summed E-state index contributed by atoms with van der Waals surface area (Å²) in [6.45, 7) is 3.48. The Hall–Kier alpha value is -1.52. The smallest absolute Gasteiger partial charge is 0.315 e. The first-order valence-corrected chi connectivity index (χ1v) is 7.15. The molecule has 1 aromatic rings. The molecular weight excluding hydrogens is 242 g/mol. The van der Waals surface area contributed by atoms with E-state index in [9.17, 15) is 4.79 Å². The van der Waals surface area contributed by atoms with Crippen molar-refractivity contribution in [2.45, 2.75) is 45.6 Å². The van der Waals surface area contributed by atoms with E-state index in [0.29, 0.717) is 6.54 Å². The van der Waals surface area contributed by atoms with Gasteiger partial charge >= 0.3 is 6.03 Å². The maximum Gasteiger partial charge on any atom is 0.315 e. The molecule has 1 fully saturated rings. The first-order valence-electron chi connectivity index (χ1n) is 7.15. The van der Waals surface area contributed by atoms with E-state index in [4.69, 9.17) is 4.52 Å². The molecule has 2 atom stereocenters. The average Bonchev–Trinajstić information content (AvgIpc) is 2.89. The van der Waals surface area contributed by atoms with Gasteiger partial charge in [0.2, 0.25) is 0 Å². The zero-order valence-corrected chi connectivity index (χ0v) is 11.5. The summed E-state index contributed by atoms with van der Waals surface area (Å²) in [5, 5.41) is 9.39. The molecular formula is C14H23N3O2. The van der Waals surface area contributed by atoms with Crippen molar-refractivity contribution < 1.29 is 9.32 Å². The molecule has 0 aliphatic heterocycles. The van der Waals surface area contributed by atoms with E-state index in [1.165, 1.54) is 31.9 Å². The molecule has 0 aromatic carbocycles. The third kappa shape index (κ3) is 4.93. The lowest BCUT2D eigenvalue weighted by Gasteiger charge is -2.26. The molecule has 5 heteroatoms. The summed E-state index contributed by atoms with van der Waals surface area (Å²) in [4.78, 5) is 11.6. The molecule has 0 saturated heterocycles. The van der Waals surface area contributed by atoms with Crippen LogP contribution < -0.4 is 10.6 Å². The van der Waals surface area contributed by atoms with Crippen LogP contribution in [-0.2, 0) is 6.54 Å². The van der Waals surface area contributed by atoms with Crippen molar-refractivity contribution in [1.82, 2.24) is 15.8 Å². The van der Waals surface area contributed by atoms with Crippen molar-refractivity contribution in [3.8, 4) is 0 Å². The van der Waals surface area contributed by atoms with Crippen LogP contribution in [0.2, 0.25) is 0 Å². The number of carbonyl (C=O) groups is 1. The first kappa shape index (κ1) is 13.9. The molecule has 2 rings (SSSR count). The fourth-order valence-electron chi connectivity index (χ4n) is 2.77. The maximum atomic E-state index is 11.6. The van der Waals surface area contributed by atoms with Gasteiger partial charge in [0.1, 0.15) is 12.0 Å². The van der Waals surface area contributed by atoms with Crippen LogP contribution >= 0.6 is 0 Å². The normalized spacial score (nSPS) is 23.0. The molecule has 19 heavy (non-hydrogen) atoms. The third-order valence-electron chi connectivity index (χ3n) is 3.80. The van der Waals surface area contributed by atoms with Crippen LogP contribution in [0.4, 0.5) is 4.79 Å². The summed E-state index contributed by atoms with van der Waals surface area (Å²) in [5.74, 6) is 1.62. The van der Waals surface area contributed by atoms with Crippen LogP contribution in [0.1, 0.15) is 44.7 Å². The molecule has 5 nitrogen and oxygen atoms in total. The average molecular weight is 265 g/mol. The van der Waals surface area contributed by atoms with Crippen molar-refractivity contribution in [2.75, 3.05) is 6.54 Å². The molecule has 0 spiro atoms. The first-order chi connectivity index (χ1) is 9.24. The summed E-state index contributed by atoms with van der Waals surface area (Å²) < 4.78 is 4.70. The molecule has 1 aliphatic rings. The van der Waals surface area contributed by atoms with E-state index in [0.717, 1.165) is 30.5 Å². The van der Waals surface area contributed by atoms with Crippen molar-refractivity contribution in [2.24, 2.45) is 11.8 Å². The number of urea groups is 1. The van der Waals surface area contributed by atoms with Gasteiger partial charge in [-0.15, -0.1) is 0 Å². The summed E-state index contributed by atoms with van der Waals surface area (Å²) in [6.07, 6.45) is 7.90. The lowest BCUT2D eigenvalue weighted by atomic mass is 9.81. The number of hydrogen-bond donors (Lipinski definition) is 2. The van der Waals surface area contributed by atoms with Crippen molar-refractivity contribution in [3.05, 3.63) is 18.0 Å². The van der Waals surface area contributed by atoms with Gasteiger partial charge in [-0.2, -0.15) is 0 Å². The van der Waals surface area contributed by atoms with E-state index >= 15 is 0 Å². The van der Waals surface area contributed by atoms with Gasteiger partial charge in [0.15, 0.2) is 0 Å². The fraction of sp³-hybridized carbons (Fsp3) is 0.714. The van der Waals surface area contributed by atoms with E-state index < -0.39 is 0 Å². The minimum atomic E-state index is -0.133. The maximum absolute atomic E-state index is 11.6. The molecule has 2 amide bonds. The quantitative estimate of drug-likeness (QED) is 0.860. The lowest BCUT2D eigenvalue weighted by molar-refractivity contribution is 0.235. The second kappa shape index (κ2) is 7.16. The summed E-state index contributed by atoms with van der Waals surface area (Å²) in [6, 6.07) is 1.61. The zero-order chi connectivity index (χ0) is 13.5. The fourth-order valence-corrected chi connectivity index (χ4v) is 2.77. The summed E-state index contributed by atoms with van der Waals surface area (Å²) in [5.41, 5.74) is 0.733. The van der Waals surface area contributed by atoms with Gasteiger partial charge in [0.25, 0.3) is 0 Å². The summed E-state index contributed by atoms with van der Waals surface area (Å²) in [7, 11) is 0. The minimum Gasteiger partial charge on any atom is -0.364 e. The Labute approximate surface area is 114 Å². The van der Waals surface area contributed by atoms with Crippen molar-refractivity contribution in [3.63, 3.8) is 0 Å². The second-order valence-corrected chi connectivity index (χ2v) is 5.53. The topological polar surface area (TPSA) is 67.2 Å². The Morgan fingerprint density at radius 2 is 2.37 bits per heavy atom. The van der Waals surface area contributed by atoms with Crippen LogP contribution in [0.15, 0.2) is 16.9 Å². The van der Waals surface area contributed by atoms with E-state index in [1.807, 2.05) is 0 Å². The largest absolute Gasteiger partial charge is 0.364 e. The Balaban J connectivity index is 1.56. The molecule has 1 heterocycles. The Morgan fingerprint density at radius 1 is 1.47 bits per heavy atom. The van der Waals surface area contributed by atoms with Crippen LogP contribution in [0.3, 0.4) is 0 Å². The van der Waals surface area contributed by atoms with E-state index in [2.05, 4.69) is 22.7 Å². The van der Waals surface area contributed by atoms with Gasteiger partial charge in [0.05, 0.1) is 6.54 Å². The molecule has 0 bridgehead atoms.